The highest BCUT2D eigenvalue weighted by Crippen LogP contribution is 2.19. The molecular weight excluding hydrogens is 302 g/mol. The fraction of sp³-hybridized carbons (Fsp3) is 0.150. The molecule has 3 aromatic rings. The van der Waals surface area contributed by atoms with Crippen molar-refractivity contribution in [2.75, 3.05) is 6.54 Å². The Labute approximate surface area is 140 Å². The zero-order valence-corrected chi connectivity index (χ0v) is 13.2. The molecule has 2 N–H and O–H groups in total. The Morgan fingerprint density at radius 3 is 2.38 bits per heavy atom. The zero-order valence-electron chi connectivity index (χ0n) is 13.2. The fourth-order valence-electron chi connectivity index (χ4n) is 2.49. The van der Waals surface area contributed by atoms with Crippen LogP contribution in [0.5, 0.6) is 0 Å². The van der Waals surface area contributed by atoms with Crippen molar-refractivity contribution < 1.29 is 14.3 Å². The molecule has 0 aliphatic rings. The Hall–Kier alpha value is -2.85. The second-order valence-electron chi connectivity index (χ2n) is 5.62. The molecule has 0 aliphatic heterocycles. The van der Waals surface area contributed by atoms with Gasteiger partial charge in [-0.3, -0.25) is 4.79 Å². The number of hydrogen-bond acceptors (Lipinski definition) is 3. The van der Waals surface area contributed by atoms with Gasteiger partial charge in [-0.25, -0.2) is 0 Å². The van der Waals surface area contributed by atoms with Crippen LogP contribution in [-0.4, -0.2) is 17.6 Å². The summed E-state index contributed by atoms with van der Waals surface area (Å²) in [7, 11) is 0. The quantitative estimate of drug-likeness (QED) is 0.732. The predicted octanol–water partition coefficient (Wildman–Crippen LogP) is 3.34. The highest BCUT2D eigenvalue weighted by Gasteiger charge is 2.11. The maximum absolute atomic E-state index is 12.0. The van der Waals surface area contributed by atoms with Gasteiger partial charge in [0.2, 0.25) is 5.91 Å². The minimum Gasteiger partial charge on any atom is -0.472 e. The molecule has 24 heavy (non-hydrogen) atoms. The molecule has 1 aromatic heterocycles. The van der Waals surface area contributed by atoms with Gasteiger partial charge in [0.15, 0.2) is 0 Å². The van der Waals surface area contributed by atoms with Gasteiger partial charge in [-0.15, -0.1) is 0 Å². The van der Waals surface area contributed by atoms with Crippen molar-refractivity contribution in [1.29, 1.82) is 0 Å². The molecule has 1 heterocycles. The number of nitrogens with one attached hydrogen (secondary N) is 1. The lowest BCUT2D eigenvalue weighted by Crippen LogP contribution is -2.29. The summed E-state index contributed by atoms with van der Waals surface area (Å²) in [5, 5.41) is 12.6. The van der Waals surface area contributed by atoms with Crippen molar-refractivity contribution in [3.8, 4) is 11.1 Å². The molecule has 1 unspecified atom stereocenters. The molecule has 0 fully saturated rings. The van der Waals surface area contributed by atoms with E-state index in [-0.39, 0.29) is 18.9 Å². The number of carbonyl (C=O) groups is 1. The van der Waals surface area contributed by atoms with Crippen LogP contribution in [0.3, 0.4) is 0 Å². The van der Waals surface area contributed by atoms with E-state index in [1.54, 1.807) is 6.07 Å². The average molecular weight is 321 g/mol. The van der Waals surface area contributed by atoms with Crippen LogP contribution in [0.1, 0.15) is 17.2 Å². The summed E-state index contributed by atoms with van der Waals surface area (Å²) in [6.45, 7) is 0.167. The van der Waals surface area contributed by atoms with Gasteiger partial charge in [-0.05, 0) is 22.8 Å². The molecule has 0 radical (unpaired) electrons. The van der Waals surface area contributed by atoms with Gasteiger partial charge in [-0.1, -0.05) is 54.6 Å². The summed E-state index contributed by atoms with van der Waals surface area (Å²) >= 11 is 0. The topological polar surface area (TPSA) is 62.5 Å². The molecule has 3 rings (SSSR count). The number of aliphatic hydroxyl groups excluding tert-OH is 1. The van der Waals surface area contributed by atoms with E-state index in [2.05, 4.69) is 17.4 Å². The van der Waals surface area contributed by atoms with Crippen LogP contribution in [0.25, 0.3) is 11.1 Å². The minimum absolute atomic E-state index is 0.120. The second-order valence-corrected chi connectivity index (χ2v) is 5.62. The van der Waals surface area contributed by atoms with Gasteiger partial charge in [0.25, 0.3) is 0 Å². The van der Waals surface area contributed by atoms with Gasteiger partial charge in [0.1, 0.15) is 0 Å². The maximum Gasteiger partial charge on any atom is 0.224 e. The summed E-state index contributed by atoms with van der Waals surface area (Å²) in [5.74, 6) is -0.120. The zero-order chi connectivity index (χ0) is 16.8. The highest BCUT2D eigenvalue weighted by atomic mass is 16.3. The summed E-state index contributed by atoms with van der Waals surface area (Å²) in [4.78, 5) is 12.0. The molecule has 0 saturated carbocycles. The van der Waals surface area contributed by atoms with Crippen molar-refractivity contribution in [2.45, 2.75) is 12.5 Å². The van der Waals surface area contributed by atoms with Crippen LogP contribution in [0.15, 0.2) is 77.6 Å². The summed E-state index contributed by atoms with van der Waals surface area (Å²) in [5.41, 5.74) is 3.86. The molecule has 1 atom stereocenters. The van der Waals surface area contributed by atoms with E-state index in [0.717, 1.165) is 16.7 Å². The first kappa shape index (κ1) is 16.0. The number of furan rings is 1. The third-order valence-electron chi connectivity index (χ3n) is 3.85. The number of amides is 1. The van der Waals surface area contributed by atoms with Crippen LogP contribution in [0.4, 0.5) is 0 Å². The van der Waals surface area contributed by atoms with Crippen molar-refractivity contribution in [3.63, 3.8) is 0 Å². The highest BCUT2D eigenvalue weighted by molar-refractivity contribution is 5.78. The van der Waals surface area contributed by atoms with Crippen LogP contribution in [0.2, 0.25) is 0 Å². The largest absolute Gasteiger partial charge is 0.472 e. The molecule has 1 amide bonds. The van der Waals surface area contributed by atoms with Gasteiger partial charge in [-0.2, -0.15) is 0 Å². The van der Waals surface area contributed by atoms with E-state index in [0.29, 0.717) is 5.56 Å². The van der Waals surface area contributed by atoms with E-state index >= 15 is 0 Å². The van der Waals surface area contributed by atoms with E-state index in [4.69, 9.17) is 4.42 Å². The van der Waals surface area contributed by atoms with Gasteiger partial charge in [0, 0.05) is 12.1 Å². The van der Waals surface area contributed by atoms with Crippen molar-refractivity contribution in [1.82, 2.24) is 5.32 Å². The number of benzene rings is 2. The fourth-order valence-corrected chi connectivity index (χ4v) is 2.49. The first-order chi connectivity index (χ1) is 11.7. The summed E-state index contributed by atoms with van der Waals surface area (Å²) in [6.07, 6.45) is 2.49. The first-order valence-electron chi connectivity index (χ1n) is 7.83. The molecule has 0 saturated heterocycles. The smallest absolute Gasteiger partial charge is 0.224 e. The Morgan fingerprint density at radius 1 is 1.00 bits per heavy atom. The normalized spacial score (nSPS) is 11.9. The number of rotatable bonds is 6. The lowest BCUT2D eigenvalue weighted by atomic mass is 10.0. The van der Waals surface area contributed by atoms with Gasteiger partial charge >= 0.3 is 0 Å². The predicted molar refractivity (Wildman–Crippen MR) is 92.3 cm³/mol. The Kier molecular flexibility index (Phi) is 5.08. The second kappa shape index (κ2) is 7.62. The van der Waals surface area contributed by atoms with Crippen LogP contribution in [0, 0.1) is 0 Å². The SMILES string of the molecule is O=C(Cc1ccc(-c2ccccc2)cc1)NCC(O)c1ccoc1. The van der Waals surface area contributed by atoms with E-state index in [9.17, 15) is 9.90 Å². The Bertz CT molecular complexity index is 764. The van der Waals surface area contributed by atoms with Crippen LogP contribution < -0.4 is 5.32 Å². The molecule has 0 spiro atoms. The molecule has 4 heteroatoms. The van der Waals surface area contributed by atoms with E-state index < -0.39 is 6.10 Å². The first-order valence-corrected chi connectivity index (χ1v) is 7.83. The third kappa shape index (κ3) is 4.12. The lowest BCUT2D eigenvalue weighted by Gasteiger charge is -2.10. The summed E-state index contributed by atoms with van der Waals surface area (Å²) < 4.78 is 4.91. The molecule has 122 valence electrons. The van der Waals surface area contributed by atoms with Crippen LogP contribution >= 0.6 is 0 Å². The molecule has 0 bridgehead atoms. The van der Waals surface area contributed by atoms with E-state index in [1.807, 2.05) is 42.5 Å². The van der Waals surface area contributed by atoms with Gasteiger partial charge < -0.3 is 14.8 Å². The molecular formula is C20H19NO3. The van der Waals surface area contributed by atoms with Crippen molar-refractivity contribution in [2.24, 2.45) is 0 Å². The van der Waals surface area contributed by atoms with E-state index in [1.165, 1.54) is 12.5 Å². The lowest BCUT2D eigenvalue weighted by molar-refractivity contribution is -0.120. The van der Waals surface area contributed by atoms with Crippen molar-refractivity contribution >= 4 is 5.91 Å². The Morgan fingerprint density at radius 2 is 1.71 bits per heavy atom. The van der Waals surface area contributed by atoms with Crippen LogP contribution in [-0.2, 0) is 11.2 Å². The third-order valence-corrected chi connectivity index (χ3v) is 3.85. The van der Waals surface area contributed by atoms with Gasteiger partial charge in [0.05, 0.1) is 25.1 Å². The minimum atomic E-state index is -0.756. The number of hydrogen-bond donors (Lipinski definition) is 2. The monoisotopic (exact) mass is 321 g/mol. The standard InChI is InChI=1S/C20H19NO3/c22-19(18-10-11-24-14-18)13-21-20(23)12-15-6-8-17(9-7-15)16-4-2-1-3-5-16/h1-11,14,19,22H,12-13H2,(H,21,23). The molecule has 0 aliphatic carbocycles. The van der Waals surface area contributed by atoms with Crippen molar-refractivity contribution in [3.05, 3.63) is 84.3 Å². The maximum atomic E-state index is 12.0. The number of carbonyl (C=O) groups excluding carboxylic acids is 1. The molecule has 2 aromatic carbocycles. The average Bonchev–Trinajstić information content (AvgIpc) is 3.16. The Balaban J connectivity index is 1.53. The number of aliphatic hydroxyl groups is 1. The summed E-state index contributed by atoms with van der Waals surface area (Å²) in [6, 6.07) is 19.7. The molecule has 4 nitrogen and oxygen atoms in total.